The van der Waals surface area contributed by atoms with Crippen molar-refractivity contribution in [2.45, 2.75) is 13.3 Å². The molecule has 0 spiro atoms. The molecule has 0 radical (unpaired) electrons. The Bertz CT molecular complexity index is 1440. The van der Waals surface area contributed by atoms with Crippen LogP contribution in [0.25, 0.3) is 22.2 Å². The number of ether oxygens (including phenoxy) is 4. The Balaban J connectivity index is 1.06. The minimum Gasteiger partial charge on any atom is -0.380 e. The van der Waals surface area contributed by atoms with Crippen molar-refractivity contribution in [3.63, 3.8) is 0 Å². The Labute approximate surface area is 287 Å². The quantitative estimate of drug-likeness (QED) is 0.0782. The minimum absolute atomic E-state index is 0.101. The first kappa shape index (κ1) is 37.0. The smallest absolute Gasteiger partial charge is 0.314 e. The number of amides is 2. The maximum Gasteiger partial charge on any atom is 0.314 e. The maximum absolute atomic E-state index is 11.6. The first-order valence-electron chi connectivity index (χ1n) is 16.4. The van der Waals surface area contributed by atoms with Gasteiger partial charge in [0.05, 0.1) is 57.5 Å². The monoisotopic (exact) mass is 685 g/mol. The standard InChI is InChI=1S/C33H48ClN9O5/c1-2-16-45-17-9-37-33(44)38-10-18-46-20-22-48-23-21-47-19-15-42-11-13-43(14-12-42)27-6-3-25(4-7-27)30-28-24-26(34)5-8-29(28)39-32(40-30)41-31(35)36/h3-8,24H,2,9-23H2,1H3,(H2,37,38,44)(H4,35,36,39,40,41). The molecule has 0 bridgehead atoms. The van der Waals surface area contributed by atoms with E-state index in [1.165, 1.54) is 0 Å². The molecule has 1 aromatic heterocycles. The third kappa shape index (κ3) is 12.7. The fourth-order valence-electron chi connectivity index (χ4n) is 5.05. The van der Waals surface area contributed by atoms with Gasteiger partial charge in [0.2, 0.25) is 0 Å². The van der Waals surface area contributed by atoms with Crippen molar-refractivity contribution in [3.05, 3.63) is 47.5 Å². The lowest BCUT2D eigenvalue weighted by Gasteiger charge is -2.36. The summed E-state index contributed by atoms with van der Waals surface area (Å²) >= 11 is 6.28. The number of halogens is 1. The number of fused-ring (bicyclic) bond motifs is 1. The molecule has 1 saturated heterocycles. The van der Waals surface area contributed by atoms with Crippen LogP contribution in [0.15, 0.2) is 47.5 Å². The number of anilines is 1. The number of hydrogen-bond acceptors (Lipinski definition) is 10. The van der Waals surface area contributed by atoms with Crippen LogP contribution in [0, 0.1) is 0 Å². The summed E-state index contributed by atoms with van der Waals surface area (Å²) < 4.78 is 22.1. The number of carbonyl (C=O) groups is 1. The van der Waals surface area contributed by atoms with Gasteiger partial charge in [-0.15, -0.1) is 0 Å². The lowest BCUT2D eigenvalue weighted by Crippen LogP contribution is -2.47. The van der Waals surface area contributed by atoms with Crippen LogP contribution in [0.1, 0.15) is 13.3 Å². The predicted molar refractivity (Wildman–Crippen MR) is 189 cm³/mol. The van der Waals surface area contributed by atoms with Crippen molar-refractivity contribution in [1.82, 2.24) is 25.5 Å². The van der Waals surface area contributed by atoms with Crippen molar-refractivity contribution in [3.8, 4) is 11.3 Å². The molecule has 15 heteroatoms. The summed E-state index contributed by atoms with van der Waals surface area (Å²) in [4.78, 5) is 29.5. The molecule has 4 rings (SSSR count). The van der Waals surface area contributed by atoms with E-state index in [0.717, 1.165) is 55.8 Å². The summed E-state index contributed by atoms with van der Waals surface area (Å²) in [6.07, 6.45) is 0.966. The van der Waals surface area contributed by atoms with Crippen LogP contribution in [0.5, 0.6) is 0 Å². The number of benzene rings is 2. The largest absolute Gasteiger partial charge is 0.380 e. The van der Waals surface area contributed by atoms with Gasteiger partial charge < -0.3 is 45.9 Å². The summed E-state index contributed by atoms with van der Waals surface area (Å²) in [6, 6.07) is 13.6. The van der Waals surface area contributed by atoms with Crippen LogP contribution in [0.2, 0.25) is 5.02 Å². The van der Waals surface area contributed by atoms with Gasteiger partial charge in [-0.3, -0.25) is 4.90 Å². The molecule has 0 atom stereocenters. The molecule has 2 heterocycles. The van der Waals surface area contributed by atoms with Gasteiger partial charge in [-0.05, 0) is 36.8 Å². The lowest BCUT2D eigenvalue weighted by molar-refractivity contribution is 0.0111. The Kier molecular flexibility index (Phi) is 15.9. The maximum atomic E-state index is 11.6. The minimum atomic E-state index is -0.221. The van der Waals surface area contributed by atoms with Crippen molar-refractivity contribution in [2.24, 2.45) is 16.5 Å². The number of nitrogens with zero attached hydrogens (tertiary/aromatic N) is 5. The van der Waals surface area contributed by atoms with Gasteiger partial charge in [0.1, 0.15) is 0 Å². The first-order valence-corrected chi connectivity index (χ1v) is 16.8. The van der Waals surface area contributed by atoms with E-state index in [0.29, 0.717) is 82.2 Å². The number of nitrogens with two attached hydrogens (primary N) is 2. The molecule has 2 amide bonds. The van der Waals surface area contributed by atoms with Gasteiger partial charge >= 0.3 is 6.03 Å². The summed E-state index contributed by atoms with van der Waals surface area (Å²) in [7, 11) is 0. The molecule has 6 N–H and O–H groups in total. The van der Waals surface area contributed by atoms with Crippen molar-refractivity contribution in [2.75, 3.05) is 104 Å². The summed E-state index contributed by atoms with van der Waals surface area (Å²) in [5.74, 6) is 0.103. The number of hydrogen-bond donors (Lipinski definition) is 4. The fourth-order valence-corrected chi connectivity index (χ4v) is 5.22. The van der Waals surface area contributed by atoms with Crippen molar-refractivity contribution in [1.29, 1.82) is 0 Å². The number of carbonyl (C=O) groups excluding carboxylic acids is 1. The summed E-state index contributed by atoms with van der Waals surface area (Å²) in [6.45, 7) is 11.9. The van der Waals surface area contributed by atoms with E-state index in [1.807, 2.05) is 19.1 Å². The second-order valence-corrected chi connectivity index (χ2v) is 11.5. The normalized spacial score (nSPS) is 13.5. The third-order valence-electron chi connectivity index (χ3n) is 7.46. The topological polar surface area (TPSA) is 175 Å². The Morgan fingerprint density at radius 2 is 1.46 bits per heavy atom. The second kappa shape index (κ2) is 20.5. The van der Waals surface area contributed by atoms with Gasteiger partial charge in [0, 0.05) is 74.1 Å². The number of rotatable bonds is 20. The molecule has 1 aliphatic heterocycles. The number of piperazine rings is 1. The van der Waals surface area contributed by atoms with Gasteiger partial charge in [-0.2, -0.15) is 4.99 Å². The molecular formula is C33H48ClN9O5. The highest BCUT2D eigenvalue weighted by atomic mass is 35.5. The third-order valence-corrected chi connectivity index (χ3v) is 7.70. The van der Waals surface area contributed by atoms with Crippen LogP contribution < -0.4 is 27.0 Å². The summed E-state index contributed by atoms with van der Waals surface area (Å²) in [5.41, 5.74) is 14.7. The highest BCUT2D eigenvalue weighted by Gasteiger charge is 2.18. The van der Waals surface area contributed by atoms with Gasteiger partial charge in [0.15, 0.2) is 5.96 Å². The van der Waals surface area contributed by atoms with Crippen LogP contribution in [0.3, 0.4) is 0 Å². The van der Waals surface area contributed by atoms with Crippen LogP contribution in [-0.4, -0.2) is 126 Å². The van der Waals surface area contributed by atoms with Crippen LogP contribution in [-0.2, 0) is 18.9 Å². The van der Waals surface area contributed by atoms with E-state index in [1.54, 1.807) is 6.07 Å². The highest BCUT2D eigenvalue weighted by molar-refractivity contribution is 6.31. The average Bonchev–Trinajstić information content (AvgIpc) is 3.08. The van der Waals surface area contributed by atoms with Gasteiger partial charge in [0.25, 0.3) is 5.95 Å². The molecule has 262 valence electrons. The second-order valence-electron chi connectivity index (χ2n) is 11.1. The zero-order chi connectivity index (χ0) is 34.0. The molecule has 2 aromatic carbocycles. The molecule has 0 unspecified atom stereocenters. The molecule has 1 aliphatic rings. The van der Waals surface area contributed by atoms with E-state index in [2.05, 4.69) is 59.7 Å². The SMILES string of the molecule is CCCOCCNC(=O)NCCOCCOCCOCCN1CCN(c2ccc(-c3nc(N=C(N)N)nc4ccc(Cl)cc34)cc2)CC1. The van der Waals surface area contributed by atoms with E-state index >= 15 is 0 Å². The molecular weight excluding hydrogens is 638 g/mol. The Morgan fingerprint density at radius 3 is 2.10 bits per heavy atom. The van der Waals surface area contributed by atoms with Gasteiger partial charge in [-0.25, -0.2) is 14.8 Å². The fraction of sp³-hybridized carbons (Fsp3) is 0.515. The van der Waals surface area contributed by atoms with E-state index in [4.69, 9.17) is 42.0 Å². The Hall–Kier alpha value is -3.79. The number of guanidine groups is 1. The number of urea groups is 1. The van der Waals surface area contributed by atoms with E-state index in [9.17, 15) is 4.79 Å². The van der Waals surface area contributed by atoms with Crippen LogP contribution >= 0.6 is 11.6 Å². The predicted octanol–water partition coefficient (Wildman–Crippen LogP) is 2.75. The Morgan fingerprint density at radius 1 is 0.833 bits per heavy atom. The molecule has 48 heavy (non-hydrogen) atoms. The lowest BCUT2D eigenvalue weighted by atomic mass is 10.1. The molecule has 0 aliphatic carbocycles. The molecule has 3 aromatic rings. The van der Waals surface area contributed by atoms with E-state index in [-0.39, 0.29) is 17.9 Å². The molecule has 14 nitrogen and oxygen atoms in total. The first-order chi connectivity index (χ1) is 23.4. The average molecular weight is 686 g/mol. The van der Waals surface area contributed by atoms with Crippen molar-refractivity contribution < 1.29 is 23.7 Å². The van der Waals surface area contributed by atoms with E-state index < -0.39 is 0 Å². The van der Waals surface area contributed by atoms with Crippen molar-refractivity contribution >= 4 is 46.1 Å². The number of nitrogens with one attached hydrogen (secondary N) is 2. The number of aromatic nitrogens is 2. The highest BCUT2D eigenvalue weighted by Crippen LogP contribution is 2.31. The van der Waals surface area contributed by atoms with Gasteiger partial charge in [-0.1, -0.05) is 30.7 Å². The summed E-state index contributed by atoms with van der Waals surface area (Å²) in [5, 5.41) is 6.91. The zero-order valence-electron chi connectivity index (χ0n) is 27.7. The molecule has 0 saturated carbocycles. The number of aliphatic imine (C=N–C) groups is 1. The van der Waals surface area contributed by atoms with Crippen LogP contribution in [0.4, 0.5) is 16.4 Å². The zero-order valence-corrected chi connectivity index (χ0v) is 28.4. The molecule has 1 fully saturated rings.